The molecule has 3 heteroatoms. The SMILES string of the molecule is COc1ccc2ccc(Cl)nc2c1. The van der Waals surface area contributed by atoms with E-state index < -0.39 is 0 Å². The Kier molecular flexibility index (Phi) is 2.07. The summed E-state index contributed by atoms with van der Waals surface area (Å²) in [5.41, 5.74) is 0.854. The van der Waals surface area contributed by atoms with Gasteiger partial charge in [-0.1, -0.05) is 11.6 Å². The largest absolute Gasteiger partial charge is 0.497 e. The molecule has 0 aliphatic rings. The average Bonchev–Trinajstić information content (AvgIpc) is 2.16. The van der Waals surface area contributed by atoms with Crippen LogP contribution in [0.25, 0.3) is 10.9 Å². The van der Waals surface area contributed by atoms with Gasteiger partial charge in [-0.3, -0.25) is 0 Å². The fraction of sp³-hybridized carbons (Fsp3) is 0.100. The Morgan fingerprint density at radius 2 is 2.00 bits per heavy atom. The van der Waals surface area contributed by atoms with Crippen LogP contribution in [-0.4, -0.2) is 12.1 Å². The van der Waals surface area contributed by atoms with Gasteiger partial charge in [0, 0.05) is 11.5 Å². The average molecular weight is 194 g/mol. The van der Waals surface area contributed by atoms with Crippen LogP contribution in [-0.2, 0) is 0 Å². The van der Waals surface area contributed by atoms with Gasteiger partial charge in [-0.15, -0.1) is 0 Å². The smallest absolute Gasteiger partial charge is 0.129 e. The van der Waals surface area contributed by atoms with Crippen molar-refractivity contribution in [3.63, 3.8) is 0 Å². The second kappa shape index (κ2) is 3.23. The Hall–Kier alpha value is -1.28. The zero-order chi connectivity index (χ0) is 9.26. The van der Waals surface area contributed by atoms with Gasteiger partial charge in [-0.2, -0.15) is 0 Å². The van der Waals surface area contributed by atoms with E-state index >= 15 is 0 Å². The number of fused-ring (bicyclic) bond motifs is 1. The lowest BCUT2D eigenvalue weighted by molar-refractivity contribution is 0.415. The highest BCUT2D eigenvalue weighted by Crippen LogP contribution is 2.20. The summed E-state index contributed by atoms with van der Waals surface area (Å²) in [4.78, 5) is 4.17. The number of benzene rings is 1. The van der Waals surface area contributed by atoms with Gasteiger partial charge in [-0.25, -0.2) is 4.98 Å². The molecule has 1 aromatic carbocycles. The van der Waals surface area contributed by atoms with E-state index in [9.17, 15) is 0 Å². The Balaban J connectivity index is 2.68. The van der Waals surface area contributed by atoms with E-state index in [-0.39, 0.29) is 0 Å². The maximum atomic E-state index is 5.76. The van der Waals surface area contributed by atoms with Crippen LogP contribution in [0.4, 0.5) is 0 Å². The van der Waals surface area contributed by atoms with Crippen LogP contribution in [0.2, 0.25) is 5.15 Å². The monoisotopic (exact) mass is 193 g/mol. The predicted molar refractivity (Wildman–Crippen MR) is 53.3 cm³/mol. The van der Waals surface area contributed by atoms with E-state index in [2.05, 4.69) is 4.98 Å². The van der Waals surface area contributed by atoms with E-state index in [1.54, 1.807) is 13.2 Å². The summed E-state index contributed by atoms with van der Waals surface area (Å²) >= 11 is 5.76. The minimum atomic E-state index is 0.501. The summed E-state index contributed by atoms with van der Waals surface area (Å²) in [5.74, 6) is 0.794. The summed E-state index contributed by atoms with van der Waals surface area (Å²) in [6, 6.07) is 9.43. The molecule has 0 bridgehead atoms. The zero-order valence-electron chi connectivity index (χ0n) is 7.12. The second-order valence-electron chi connectivity index (χ2n) is 2.69. The third kappa shape index (κ3) is 1.58. The van der Waals surface area contributed by atoms with Crippen molar-refractivity contribution in [1.29, 1.82) is 0 Å². The minimum absolute atomic E-state index is 0.501. The number of hydrogen-bond acceptors (Lipinski definition) is 2. The van der Waals surface area contributed by atoms with Crippen molar-refractivity contribution in [3.05, 3.63) is 35.5 Å². The van der Waals surface area contributed by atoms with Gasteiger partial charge in [0.1, 0.15) is 10.9 Å². The maximum Gasteiger partial charge on any atom is 0.129 e. The topological polar surface area (TPSA) is 22.1 Å². The van der Waals surface area contributed by atoms with Gasteiger partial charge in [-0.05, 0) is 24.3 Å². The van der Waals surface area contributed by atoms with Crippen molar-refractivity contribution in [2.45, 2.75) is 0 Å². The van der Waals surface area contributed by atoms with E-state index in [0.717, 1.165) is 16.7 Å². The highest BCUT2D eigenvalue weighted by atomic mass is 35.5. The molecule has 0 fully saturated rings. The number of rotatable bonds is 1. The molecule has 0 atom stereocenters. The summed E-state index contributed by atoms with van der Waals surface area (Å²) in [7, 11) is 1.63. The first-order valence-corrected chi connectivity index (χ1v) is 4.28. The third-order valence-electron chi connectivity index (χ3n) is 1.87. The lowest BCUT2D eigenvalue weighted by atomic mass is 10.2. The molecule has 0 saturated carbocycles. The Bertz CT molecular complexity index is 442. The maximum absolute atomic E-state index is 5.76. The number of halogens is 1. The molecule has 66 valence electrons. The van der Waals surface area contributed by atoms with Crippen LogP contribution in [0.5, 0.6) is 5.75 Å². The van der Waals surface area contributed by atoms with Crippen molar-refractivity contribution in [2.75, 3.05) is 7.11 Å². The van der Waals surface area contributed by atoms with Crippen LogP contribution in [0.3, 0.4) is 0 Å². The summed E-state index contributed by atoms with van der Waals surface area (Å²) in [5, 5.41) is 1.56. The molecule has 2 nitrogen and oxygen atoms in total. The van der Waals surface area contributed by atoms with Crippen molar-refractivity contribution in [1.82, 2.24) is 4.98 Å². The third-order valence-corrected chi connectivity index (χ3v) is 2.08. The molecule has 2 rings (SSSR count). The fourth-order valence-corrected chi connectivity index (χ4v) is 1.35. The van der Waals surface area contributed by atoms with E-state index in [1.807, 2.05) is 24.3 Å². The Morgan fingerprint density at radius 1 is 1.23 bits per heavy atom. The molecular weight excluding hydrogens is 186 g/mol. The highest BCUT2D eigenvalue weighted by Gasteiger charge is 1.97. The normalized spacial score (nSPS) is 10.3. The number of ether oxygens (including phenoxy) is 1. The lowest BCUT2D eigenvalue weighted by Crippen LogP contribution is -1.84. The fourth-order valence-electron chi connectivity index (χ4n) is 1.20. The Morgan fingerprint density at radius 3 is 2.77 bits per heavy atom. The van der Waals surface area contributed by atoms with Crippen LogP contribution in [0.15, 0.2) is 30.3 Å². The van der Waals surface area contributed by atoms with Crippen LogP contribution >= 0.6 is 11.6 Å². The zero-order valence-corrected chi connectivity index (χ0v) is 7.88. The van der Waals surface area contributed by atoms with E-state index in [4.69, 9.17) is 16.3 Å². The van der Waals surface area contributed by atoms with Gasteiger partial charge in [0.15, 0.2) is 0 Å². The van der Waals surface area contributed by atoms with Gasteiger partial charge in [0.05, 0.1) is 12.6 Å². The quantitative estimate of drug-likeness (QED) is 0.650. The van der Waals surface area contributed by atoms with Crippen LogP contribution in [0.1, 0.15) is 0 Å². The molecule has 0 saturated heterocycles. The van der Waals surface area contributed by atoms with Crippen molar-refractivity contribution >= 4 is 22.5 Å². The Labute approximate surface area is 81.1 Å². The van der Waals surface area contributed by atoms with Gasteiger partial charge < -0.3 is 4.74 Å². The van der Waals surface area contributed by atoms with Crippen molar-refractivity contribution in [2.24, 2.45) is 0 Å². The van der Waals surface area contributed by atoms with Crippen LogP contribution in [0, 0.1) is 0 Å². The molecule has 13 heavy (non-hydrogen) atoms. The number of methoxy groups -OCH3 is 1. The van der Waals surface area contributed by atoms with Gasteiger partial charge >= 0.3 is 0 Å². The molecule has 2 aromatic rings. The van der Waals surface area contributed by atoms with Gasteiger partial charge in [0.25, 0.3) is 0 Å². The molecule has 0 radical (unpaired) electrons. The molecule has 0 unspecified atom stereocenters. The molecule has 0 N–H and O–H groups in total. The molecular formula is C10H8ClNO. The van der Waals surface area contributed by atoms with E-state index in [0.29, 0.717) is 5.15 Å². The lowest BCUT2D eigenvalue weighted by Gasteiger charge is -2.01. The predicted octanol–water partition coefficient (Wildman–Crippen LogP) is 2.90. The first kappa shape index (κ1) is 8.32. The van der Waals surface area contributed by atoms with Crippen molar-refractivity contribution < 1.29 is 4.74 Å². The number of nitrogens with zero attached hydrogens (tertiary/aromatic N) is 1. The first-order chi connectivity index (χ1) is 6.29. The summed E-state index contributed by atoms with van der Waals surface area (Å²) < 4.78 is 5.08. The molecule has 1 heterocycles. The first-order valence-electron chi connectivity index (χ1n) is 3.90. The molecule has 0 aliphatic heterocycles. The van der Waals surface area contributed by atoms with Gasteiger partial charge in [0.2, 0.25) is 0 Å². The molecule has 0 aliphatic carbocycles. The van der Waals surface area contributed by atoms with Crippen LogP contribution < -0.4 is 4.74 Å². The number of aromatic nitrogens is 1. The van der Waals surface area contributed by atoms with Crippen molar-refractivity contribution in [3.8, 4) is 5.75 Å². The number of pyridine rings is 1. The number of hydrogen-bond donors (Lipinski definition) is 0. The molecule has 0 amide bonds. The summed E-state index contributed by atoms with van der Waals surface area (Å²) in [6.45, 7) is 0. The highest BCUT2D eigenvalue weighted by molar-refractivity contribution is 6.29. The molecule has 1 aromatic heterocycles. The standard InChI is InChI=1S/C10H8ClNO/c1-13-8-4-2-7-3-5-10(11)12-9(7)6-8/h2-6H,1H3. The minimum Gasteiger partial charge on any atom is -0.497 e. The second-order valence-corrected chi connectivity index (χ2v) is 3.08. The summed E-state index contributed by atoms with van der Waals surface area (Å²) in [6.07, 6.45) is 0. The van der Waals surface area contributed by atoms with E-state index in [1.165, 1.54) is 0 Å². The molecule has 0 spiro atoms.